The molecule has 0 bridgehead atoms. The third-order valence-electron chi connectivity index (χ3n) is 3.64. The predicted octanol–water partition coefficient (Wildman–Crippen LogP) is 2.37. The number of nitrogens with zero attached hydrogens (tertiary/aromatic N) is 1. The van der Waals surface area contributed by atoms with Gasteiger partial charge in [-0.1, -0.05) is 13.8 Å². The van der Waals surface area contributed by atoms with Crippen molar-refractivity contribution in [2.75, 3.05) is 6.26 Å². The SMILES string of the molecule is CC1(C)CC(=O)C(C=Nc2ccc(S(C)(=O)=O)cc2)C(=O)C1. The molecule has 0 spiro atoms. The molecule has 1 aliphatic carbocycles. The molecule has 0 unspecified atom stereocenters. The highest BCUT2D eigenvalue weighted by Gasteiger charge is 2.38. The fraction of sp³-hybridized carbons (Fsp3) is 0.438. The fourth-order valence-electron chi connectivity index (χ4n) is 2.51. The lowest BCUT2D eigenvalue weighted by atomic mass is 9.72. The summed E-state index contributed by atoms with van der Waals surface area (Å²) < 4.78 is 22.7. The van der Waals surface area contributed by atoms with Crippen LogP contribution in [0, 0.1) is 11.3 Å². The van der Waals surface area contributed by atoms with Crippen molar-refractivity contribution in [1.29, 1.82) is 0 Å². The molecule has 0 aromatic heterocycles. The van der Waals surface area contributed by atoms with E-state index in [-0.39, 0.29) is 21.9 Å². The zero-order chi connectivity index (χ0) is 16.5. The largest absolute Gasteiger partial charge is 0.298 e. The lowest BCUT2D eigenvalue weighted by Crippen LogP contribution is -2.38. The first-order chi connectivity index (χ1) is 10.1. The first-order valence-electron chi connectivity index (χ1n) is 6.98. The number of Topliss-reactive ketones (excluding diaryl/α,β-unsaturated/α-hetero) is 2. The molecule has 1 fully saturated rings. The van der Waals surface area contributed by atoms with Crippen LogP contribution in [0.25, 0.3) is 0 Å². The molecule has 118 valence electrons. The quantitative estimate of drug-likeness (QED) is 0.632. The third kappa shape index (κ3) is 3.88. The van der Waals surface area contributed by atoms with Crippen LogP contribution in [0.3, 0.4) is 0 Å². The normalized spacial score (nSPS) is 19.8. The summed E-state index contributed by atoms with van der Waals surface area (Å²) in [6, 6.07) is 6.01. The monoisotopic (exact) mass is 321 g/mol. The summed E-state index contributed by atoms with van der Waals surface area (Å²) in [5.41, 5.74) is 0.230. The van der Waals surface area contributed by atoms with E-state index in [4.69, 9.17) is 0 Å². The number of carbonyl (C=O) groups excluding carboxylic acids is 2. The Balaban J connectivity index is 2.15. The number of hydrogen-bond donors (Lipinski definition) is 0. The summed E-state index contributed by atoms with van der Waals surface area (Å²) in [4.78, 5) is 28.4. The number of sulfone groups is 1. The van der Waals surface area contributed by atoms with Gasteiger partial charge in [0.05, 0.1) is 10.6 Å². The predicted molar refractivity (Wildman–Crippen MR) is 84.2 cm³/mol. The van der Waals surface area contributed by atoms with E-state index in [1.807, 2.05) is 13.8 Å². The van der Waals surface area contributed by atoms with Crippen molar-refractivity contribution < 1.29 is 18.0 Å². The zero-order valence-electron chi connectivity index (χ0n) is 12.9. The molecule has 0 amide bonds. The summed E-state index contributed by atoms with van der Waals surface area (Å²) in [6.45, 7) is 3.81. The Kier molecular flexibility index (Phi) is 4.33. The van der Waals surface area contributed by atoms with Crippen molar-refractivity contribution in [3.05, 3.63) is 24.3 Å². The van der Waals surface area contributed by atoms with Crippen LogP contribution < -0.4 is 0 Å². The maximum atomic E-state index is 12.0. The van der Waals surface area contributed by atoms with Gasteiger partial charge in [0.15, 0.2) is 9.84 Å². The number of ketones is 2. The Morgan fingerprint density at radius 3 is 2.05 bits per heavy atom. The number of aliphatic imine (C=N–C) groups is 1. The summed E-state index contributed by atoms with van der Waals surface area (Å²) in [6.07, 6.45) is 3.23. The Morgan fingerprint density at radius 2 is 1.59 bits per heavy atom. The van der Waals surface area contributed by atoms with Crippen molar-refractivity contribution >= 4 is 33.3 Å². The average molecular weight is 321 g/mol. The van der Waals surface area contributed by atoms with Gasteiger partial charge in [0.2, 0.25) is 0 Å². The average Bonchev–Trinajstić information content (AvgIpc) is 2.35. The first-order valence-corrected chi connectivity index (χ1v) is 8.87. The Bertz CT molecular complexity index is 710. The minimum absolute atomic E-state index is 0.113. The standard InChI is InChI=1S/C16H19NO4S/c1-16(2)8-14(18)13(15(19)9-16)10-17-11-4-6-12(7-5-11)22(3,20)21/h4-7,10,13H,8-9H2,1-3H3. The van der Waals surface area contributed by atoms with Gasteiger partial charge < -0.3 is 0 Å². The van der Waals surface area contributed by atoms with Crippen molar-refractivity contribution in [3.63, 3.8) is 0 Å². The van der Waals surface area contributed by atoms with E-state index >= 15 is 0 Å². The van der Waals surface area contributed by atoms with Gasteiger partial charge in [-0.25, -0.2) is 8.42 Å². The molecule has 0 radical (unpaired) electrons. The van der Waals surface area contributed by atoms with Crippen LogP contribution in [-0.2, 0) is 19.4 Å². The maximum Gasteiger partial charge on any atom is 0.175 e. The van der Waals surface area contributed by atoms with Gasteiger partial charge >= 0.3 is 0 Å². The molecule has 0 aliphatic heterocycles. The Morgan fingerprint density at radius 1 is 1.09 bits per heavy atom. The highest BCUT2D eigenvalue weighted by Crippen LogP contribution is 2.33. The molecule has 0 N–H and O–H groups in total. The van der Waals surface area contributed by atoms with Crippen LogP contribution in [-0.4, -0.2) is 32.5 Å². The summed E-state index contributed by atoms with van der Waals surface area (Å²) in [5.74, 6) is -1.02. The van der Waals surface area contributed by atoms with Gasteiger partial charge in [-0.15, -0.1) is 0 Å². The van der Waals surface area contributed by atoms with E-state index < -0.39 is 15.8 Å². The number of rotatable bonds is 3. The van der Waals surface area contributed by atoms with E-state index in [0.717, 1.165) is 6.26 Å². The van der Waals surface area contributed by atoms with Crippen LogP contribution in [0.2, 0.25) is 0 Å². The molecule has 6 heteroatoms. The fourth-order valence-corrected chi connectivity index (χ4v) is 3.14. The van der Waals surface area contributed by atoms with Gasteiger partial charge in [0.25, 0.3) is 0 Å². The Labute approximate surface area is 130 Å². The number of carbonyl (C=O) groups is 2. The third-order valence-corrected chi connectivity index (χ3v) is 4.77. The van der Waals surface area contributed by atoms with E-state index in [0.29, 0.717) is 18.5 Å². The summed E-state index contributed by atoms with van der Waals surface area (Å²) in [5, 5.41) is 0. The molecule has 2 rings (SSSR count). The molecular formula is C16H19NO4S. The van der Waals surface area contributed by atoms with Crippen LogP contribution in [0.1, 0.15) is 26.7 Å². The zero-order valence-corrected chi connectivity index (χ0v) is 13.7. The molecule has 22 heavy (non-hydrogen) atoms. The van der Waals surface area contributed by atoms with E-state index in [9.17, 15) is 18.0 Å². The summed E-state index contributed by atoms with van der Waals surface area (Å²) in [7, 11) is -3.25. The van der Waals surface area contributed by atoms with Crippen molar-refractivity contribution in [2.24, 2.45) is 16.3 Å². The van der Waals surface area contributed by atoms with Crippen molar-refractivity contribution in [2.45, 2.75) is 31.6 Å². The smallest absolute Gasteiger partial charge is 0.175 e. The highest BCUT2D eigenvalue weighted by atomic mass is 32.2. The molecule has 1 saturated carbocycles. The maximum absolute atomic E-state index is 12.0. The number of benzene rings is 1. The molecule has 1 aliphatic rings. The lowest BCUT2D eigenvalue weighted by Gasteiger charge is -2.30. The van der Waals surface area contributed by atoms with Gasteiger partial charge in [0, 0.05) is 25.3 Å². The molecule has 5 nitrogen and oxygen atoms in total. The van der Waals surface area contributed by atoms with Gasteiger partial charge in [0.1, 0.15) is 17.5 Å². The van der Waals surface area contributed by atoms with Crippen LogP contribution in [0.5, 0.6) is 0 Å². The van der Waals surface area contributed by atoms with E-state index in [1.165, 1.54) is 18.3 Å². The second kappa shape index (κ2) is 5.76. The highest BCUT2D eigenvalue weighted by molar-refractivity contribution is 7.90. The van der Waals surface area contributed by atoms with Gasteiger partial charge in [-0.3, -0.25) is 14.6 Å². The second-order valence-electron chi connectivity index (χ2n) is 6.47. The van der Waals surface area contributed by atoms with Crippen LogP contribution in [0.4, 0.5) is 5.69 Å². The number of hydrogen-bond acceptors (Lipinski definition) is 5. The molecule has 0 heterocycles. The van der Waals surface area contributed by atoms with Crippen LogP contribution >= 0.6 is 0 Å². The van der Waals surface area contributed by atoms with Gasteiger partial charge in [-0.05, 0) is 29.7 Å². The molecule has 0 atom stereocenters. The molecule has 1 aromatic rings. The van der Waals surface area contributed by atoms with Crippen molar-refractivity contribution in [3.8, 4) is 0 Å². The summed E-state index contributed by atoms with van der Waals surface area (Å²) >= 11 is 0. The molecule has 0 saturated heterocycles. The topological polar surface area (TPSA) is 80.6 Å². The molecular weight excluding hydrogens is 302 g/mol. The van der Waals surface area contributed by atoms with E-state index in [1.54, 1.807) is 12.1 Å². The Hall–Kier alpha value is -1.82. The van der Waals surface area contributed by atoms with E-state index in [2.05, 4.69) is 4.99 Å². The minimum Gasteiger partial charge on any atom is -0.298 e. The van der Waals surface area contributed by atoms with Crippen LogP contribution in [0.15, 0.2) is 34.2 Å². The minimum atomic E-state index is -3.25. The first kappa shape index (κ1) is 16.5. The van der Waals surface area contributed by atoms with Crippen molar-refractivity contribution in [1.82, 2.24) is 0 Å². The lowest BCUT2D eigenvalue weighted by molar-refractivity contribution is -0.136. The molecule has 1 aromatic carbocycles. The van der Waals surface area contributed by atoms with Gasteiger partial charge in [-0.2, -0.15) is 0 Å². The second-order valence-corrected chi connectivity index (χ2v) is 8.49.